The molecule has 3 aromatic rings. The van der Waals surface area contributed by atoms with Crippen LogP contribution >= 0.6 is 0 Å². The zero-order chi connectivity index (χ0) is 31.0. The molecule has 1 spiro atoms. The number of rotatable bonds is 10. The lowest BCUT2D eigenvalue weighted by molar-refractivity contribution is -0.0312. The van der Waals surface area contributed by atoms with Gasteiger partial charge in [-0.25, -0.2) is 26.4 Å². The monoisotopic (exact) mass is 638 g/mol. The van der Waals surface area contributed by atoms with E-state index < -0.39 is 43.0 Å². The molecule has 12 nitrogen and oxygen atoms in total. The summed E-state index contributed by atoms with van der Waals surface area (Å²) >= 11 is 0. The number of aliphatic hydroxyl groups excluding tert-OH is 1. The van der Waals surface area contributed by atoms with E-state index in [4.69, 9.17) is 14.6 Å². The molecule has 0 saturated carbocycles. The highest BCUT2D eigenvalue weighted by Gasteiger charge is 2.45. The van der Waals surface area contributed by atoms with Crippen LogP contribution in [0.5, 0.6) is 5.75 Å². The number of nitrogens with one attached hydrogen (secondary N) is 1. The van der Waals surface area contributed by atoms with E-state index in [0.717, 1.165) is 6.07 Å². The number of piperidine rings is 1. The summed E-state index contributed by atoms with van der Waals surface area (Å²) in [6, 6.07) is 9.33. The number of nitrogens with two attached hydrogens (primary N) is 1. The average molecular weight is 639 g/mol. The third-order valence-electron chi connectivity index (χ3n) is 8.03. The highest BCUT2D eigenvalue weighted by molar-refractivity contribution is 7.89. The van der Waals surface area contributed by atoms with Crippen LogP contribution in [-0.2, 0) is 31.3 Å². The minimum atomic E-state index is -4.10. The van der Waals surface area contributed by atoms with E-state index in [9.17, 15) is 31.1 Å². The maximum absolute atomic E-state index is 13.8. The second-order valence-electron chi connectivity index (χ2n) is 11.0. The number of halogens is 1. The van der Waals surface area contributed by atoms with E-state index in [-0.39, 0.29) is 53.2 Å². The number of sulfonamides is 2. The van der Waals surface area contributed by atoms with Crippen molar-refractivity contribution < 1.29 is 35.8 Å². The number of hydrogen-bond donors (Lipinski definition) is 3. The SMILES string of the molecule is CCn1cc(S(=O)(=O)N2CCC3(CC2)C[C@@H](NC[C@H](O)COc2cccc(S(N)(=O)=O)c2)CO3)c(=O)c2ccc(F)cc21. The number of ether oxygens (including phenoxy) is 2. The van der Waals surface area contributed by atoms with Crippen LogP contribution in [0, 0.1) is 5.82 Å². The van der Waals surface area contributed by atoms with E-state index in [1.165, 1.54) is 40.8 Å². The quantitative estimate of drug-likeness (QED) is 0.295. The van der Waals surface area contributed by atoms with Crippen molar-refractivity contribution in [3.05, 3.63) is 64.7 Å². The van der Waals surface area contributed by atoms with E-state index >= 15 is 0 Å². The summed E-state index contributed by atoms with van der Waals surface area (Å²) in [5, 5.41) is 18.9. The van der Waals surface area contributed by atoms with Gasteiger partial charge in [0.25, 0.3) is 0 Å². The summed E-state index contributed by atoms with van der Waals surface area (Å²) < 4.78 is 78.5. The molecule has 2 atom stereocenters. The summed E-state index contributed by atoms with van der Waals surface area (Å²) in [4.78, 5) is 12.7. The Morgan fingerprint density at radius 1 is 1.19 bits per heavy atom. The van der Waals surface area contributed by atoms with Crippen molar-refractivity contribution in [3.8, 4) is 5.75 Å². The summed E-state index contributed by atoms with van der Waals surface area (Å²) in [7, 11) is -7.97. The summed E-state index contributed by atoms with van der Waals surface area (Å²) in [6.07, 6.45) is 1.91. The Hall–Kier alpha value is -2.92. The zero-order valence-electron chi connectivity index (χ0n) is 23.6. The molecule has 15 heteroatoms. The Morgan fingerprint density at radius 2 is 1.93 bits per heavy atom. The van der Waals surface area contributed by atoms with Crippen molar-refractivity contribution in [2.75, 3.05) is 32.8 Å². The van der Waals surface area contributed by atoms with Crippen LogP contribution in [0.4, 0.5) is 4.39 Å². The van der Waals surface area contributed by atoms with Crippen LogP contribution in [0.3, 0.4) is 0 Å². The molecular weight excluding hydrogens is 603 g/mol. The lowest BCUT2D eigenvalue weighted by Gasteiger charge is -2.38. The van der Waals surface area contributed by atoms with E-state index in [1.807, 2.05) is 0 Å². The number of fused-ring (bicyclic) bond motifs is 1. The van der Waals surface area contributed by atoms with Crippen molar-refractivity contribution in [1.82, 2.24) is 14.2 Å². The predicted molar refractivity (Wildman–Crippen MR) is 156 cm³/mol. The number of hydrogen-bond acceptors (Lipinski definition) is 9. The normalized spacial score (nSPS) is 20.0. The number of primary sulfonamides is 1. The second kappa shape index (κ2) is 12.2. The van der Waals surface area contributed by atoms with Gasteiger partial charge in [-0.3, -0.25) is 4.79 Å². The number of aromatic nitrogens is 1. The molecule has 4 N–H and O–H groups in total. The molecule has 1 aromatic heterocycles. The molecule has 0 bridgehead atoms. The van der Waals surface area contributed by atoms with Crippen molar-refractivity contribution >= 4 is 30.9 Å². The standard InChI is InChI=1S/C28H35FN4O8S2/c1-2-32-16-26(27(35)24-7-6-19(29)12-25(24)32)43(38,39)33-10-8-28(9-11-33)14-20(17-41-28)31-15-21(34)18-40-22-4-3-5-23(13-22)42(30,36)37/h3-7,12-13,16,20-21,31,34H,2,8-11,14-15,17-18H2,1H3,(H2,30,36,37)/t20-,21+/m1/s1. The topological polar surface area (TPSA) is 170 Å². The molecule has 2 aliphatic rings. The van der Waals surface area contributed by atoms with Gasteiger partial charge in [0.15, 0.2) is 0 Å². The minimum Gasteiger partial charge on any atom is -0.491 e. The number of pyridine rings is 1. The summed E-state index contributed by atoms with van der Waals surface area (Å²) in [5.41, 5.74) is -0.833. The molecule has 5 rings (SSSR count). The van der Waals surface area contributed by atoms with Crippen molar-refractivity contribution in [2.45, 2.75) is 60.3 Å². The largest absolute Gasteiger partial charge is 0.491 e. The Bertz CT molecular complexity index is 1770. The van der Waals surface area contributed by atoms with Crippen molar-refractivity contribution in [1.29, 1.82) is 0 Å². The first kappa shape index (κ1) is 31.5. The van der Waals surface area contributed by atoms with Gasteiger partial charge in [0, 0.05) is 49.9 Å². The predicted octanol–water partition coefficient (Wildman–Crippen LogP) is 1.15. The molecule has 234 valence electrons. The van der Waals surface area contributed by atoms with Gasteiger partial charge in [0.05, 0.1) is 22.6 Å². The van der Waals surface area contributed by atoms with Gasteiger partial charge in [0.1, 0.15) is 29.2 Å². The minimum absolute atomic E-state index is 0.0684. The van der Waals surface area contributed by atoms with Crippen LogP contribution in [0.2, 0.25) is 0 Å². The zero-order valence-corrected chi connectivity index (χ0v) is 25.2. The summed E-state index contributed by atoms with van der Waals surface area (Å²) in [6.45, 7) is 3.02. The fourth-order valence-electron chi connectivity index (χ4n) is 5.67. The third-order valence-corrected chi connectivity index (χ3v) is 10.8. The highest BCUT2D eigenvalue weighted by atomic mass is 32.2. The van der Waals surface area contributed by atoms with Crippen LogP contribution < -0.4 is 20.6 Å². The van der Waals surface area contributed by atoms with Crippen LogP contribution in [0.15, 0.2) is 63.2 Å². The number of aliphatic hydroxyl groups is 1. The molecule has 2 aliphatic heterocycles. The van der Waals surface area contributed by atoms with Gasteiger partial charge in [-0.1, -0.05) is 6.07 Å². The molecular formula is C28H35FN4O8S2. The Balaban J connectivity index is 1.16. The maximum atomic E-state index is 13.8. The van der Waals surface area contributed by atoms with Gasteiger partial charge < -0.3 is 24.5 Å². The van der Waals surface area contributed by atoms with Gasteiger partial charge in [-0.05, 0) is 56.5 Å². The molecule has 2 saturated heterocycles. The first-order chi connectivity index (χ1) is 20.3. The number of nitrogens with zero attached hydrogens (tertiary/aromatic N) is 2. The molecule has 0 unspecified atom stereocenters. The molecule has 3 heterocycles. The van der Waals surface area contributed by atoms with Gasteiger partial charge in [-0.2, -0.15) is 4.31 Å². The lowest BCUT2D eigenvalue weighted by atomic mass is 9.88. The van der Waals surface area contributed by atoms with E-state index in [1.54, 1.807) is 17.6 Å². The van der Waals surface area contributed by atoms with Crippen LogP contribution in [-0.4, -0.2) is 81.4 Å². The molecule has 0 aliphatic carbocycles. The van der Waals surface area contributed by atoms with Crippen LogP contribution in [0.1, 0.15) is 26.2 Å². The summed E-state index contributed by atoms with van der Waals surface area (Å²) in [5.74, 6) is -0.243. The number of benzene rings is 2. The molecule has 2 aromatic carbocycles. The van der Waals surface area contributed by atoms with Gasteiger partial charge in [0.2, 0.25) is 25.5 Å². The smallest absolute Gasteiger partial charge is 0.248 e. The first-order valence-corrected chi connectivity index (χ1v) is 16.9. The second-order valence-corrected chi connectivity index (χ2v) is 14.4. The maximum Gasteiger partial charge on any atom is 0.248 e. The fraction of sp³-hybridized carbons (Fsp3) is 0.464. The Kier molecular flexibility index (Phi) is 8.96. The molecule has 43 heavy (non-hydrogen) atoms. The first-order valence-electron chi connectivity index (χ1n) is 14.0. The molecule has 0 radical (unpaired) electrons. The Labute approximate surface area is 249 Å². The van der Waals surface area contributed by atoms with Gasteiger partial charge >= 0.3 is 0 Å². The van der Waals surface area contributed by atoms with Crippen molar-refractivity contribution in [2.24, 2.45) is 5.14 Å². The van der Waals surface area contributed by atoms with Crippen molar-refractivity contribution in [3.63, 3.8) is 0 Å². The third kappa shape index (κ3) is 6.77. The number of aryl methyl sites for hydroxylation is 1. The lowest BCUT2D eigenvalue weighted by Crippen LogP contribution is -2.47. The van der Waals surface area contributed by atoms with E-state index in [0.29, 0.717) is 37.9 Å². The average Bonchev–Trinajstić information content (AvgIpc) is 3.37. The van der Waals surface area contributed by atoms with Gasteiger partial charge in [-0.15, -0.1) is 0 Å². The highest BCUT2D eigenvalue weighted by Crippen LogP contribution is 2.37. The fourth-order valence-corrected chi connectivity index (χ4v) is 7.77. The molecule has 2 fully saturated rings. The Morgan fingerprint density at radius 3 is 2.63 bits per heavy atom. The molecule has 0 amide bonds. The van der Waals surface area contributed by atoms with Crippen LogP contribution in [0.25, 0.3) is 10.9 Å². The van der Waals surface area contributed by atoms with E-state index in [2.05, 4.69) is 5.32 Å².